The average Bonchev–Trinajstić information content (AvgIpc) is 2.78. The van der Waals surface area contributed by atoms with Gasteiger partial charge in [0.2, 0.25) is 0 Å². The van der Waals surface area contributed by atoms with Crippen LogP contribution in [0.2, 0.25) is 0 Å². The van der Waals surface area contributed by atoms with Crippen LogP contribution in [0.3, 0.4) is 0 Å². The van der Waals surface area contributed by atoms with Gasteiger partial charge >= 0.3 is 0 Å². The van der Waals surface area contributed by atoms with Crippen LogP contribution in [-0.4, -0.2) is 6.04 Å². The van der Waals surface area contributed by atoms with E-state index in [1.807, 2.05) is 23.1 Å². The maximum absolute atomic E-state index is 6.17. The molecular formula is C16H21NS2. The van der Waals surface area contributed by atoms with Gasteiger partial charge < -0.3 is 5.73 Å². The summed E-state index contributed by atoms with van der Waals surface area (Å²) in [6.45, 7) is 6.43. The van der Waals surface area contributed by atoms with E-state index in [0.717, 1.165) is 5.75 Å². The van der Waals surface area contributed by atoms with Gasteiger partial charge in [0.05, 0.1) is 5.25 Å². The predicted octanol–water partition coefficient (Wildman–Crippen LogP) is 4.69. The van der Waals surface area contributed by atoms with E-state index in [1.165, 1.54) is 20.9 Å². The molecule has 1 aromatic heterocycles. The Morgan fingerprint density at radius 2 is 1.89 bits per heavy atom. The van der Waals surface area contributed by atoms with Crippen LogP contribution in [0.15, 0.2) is 36.4 Å². The molecule has 2 N–H and O–H groups in total. The first-order valence-corrected chi connectivity index (χ1v) is 8.42. The zero-order chi connectivity index (χ0) is 13.8. The third-order valence-corrected chi connectivity index (χ3v) is 5.95. The van der Waals surface area contributed by atoms with Crippen LogP contribution in [0, 0.1) is 13.8 Å². The smallest absolute Gasteiger partial charge is 0.0542 e. The Labute approximate surface area is 124 Å². The van der Waals surface area contributed by atoms with E-state index in [9.17, 15) is 0 Å². The minimum Gasteiger partial charge on any atom is -0.327 e. The van der Waals surface area contributed by atoms with Gasteiger partial charge in [-0.1, -0.05) is 24.3 Å². The summed E-state index contributed by atoms with van der Waals surface area (Å²) >= 11 is 3.81. The normalized spacial score (nSPS) is 14.3. The molecule has 0 amide bonds. The summed E-state index contributed by atoms with van der Waals surface area (Å²) in [7, 11) is 0. The summed E-state index contributed by atoms with van der Waals surface area (Å²) in [5.41, 5.74) is 8.94. The zero-order valence-corrected chi connectivity index (χ0v) is 13.4. The second-order valence-corrected chi connectivity index (χ2v) is 7.41. The van der Waals surface area contributed by atoms with Gasteiger partial charge in [0.15, 0.2) is 0 Å². The highest BCUT2D eigenvalue weighted by Crippen LogP contribution is 2.37. The quantitative estimate of drug-likeness (QED) is 0.865. The standard InChI is InChI=1S/C16H21NS2/c1-11-6-4-5-7-14(11)10-18-16(13(3)17)15-9-8-12(2)19-15/h4-9,13,16H,10,17H2,1-3H3. The maximum Gasteiger partial charge on any atom is 0.0542 e. The van der Waals surface area contributed by atoms with Crippen molar-refractivity contribution in [3.05, 3.63) is 57.3 Å². The number of thiophene rings is 1. The summed E-state index contributed by atoms with van der Waals surface area (Å²) in [4.78, 5) is 2.75. The molecule has 0 fully saturated rings. The van der Waals surface area contributed by atoms with Crippen LogP contribution in [-0.2, 0) is 5.75 Å². The molecule has 1 aromatic carbocycles. The Kier molecular flexibility index (Phi) is 5.08. The van der Waals surface area contributed by atoms with E-state index in [2.05, 4.69) is 57.2 Å². The molecule has 0 saturated carbocycles. The van der Waals surface area contributed by atoms with E-state index in [1.54, 1.807) is 0 Å². The highest BCUT2D eigenvalue weighted by molar-refractivity contribution is 7.98. The molecule has 0 spiro atoms. The Hall–Kier alpha value is -0.770. The fraction of sp³-hybridized carbons (Fsp3) is 0.375. The molecule has 2 unspecified atom stereocenters. The number of rotatable bonds is 5. The Morgan fingerprint density at radius 3 is 2.47 bits per heavy atom. The third-order valence-electron chi connectivity index (χ3n) is 3.20. The molecular weight excluding hydrogens is 270 g/mol. The predicted molar refractivity (Wildman–Crippen MR) is 87.9 cm³/mol. The van der Waals surface area contributed by atoms with Crippen molar-refractivity contribution in [2.45, 2.75) is 37.8 Å². The average molecular weight is 291 g/mol. The molecule has 2 atom stereocenters. The Balaban J connectivity index is 2.08. The van der Waals surface area contributed by atoms with Crippen LogP contribution in [0.1, 0.15) is 33.1 Å². The van der Waals surface area contributed by atoms with Crippen molar-refractivity contribution in [2.75, 3.05) is 0 Å². The van der Waals surface area contributed by atoms with E-state index < -0.39 is 0 Å². The lowest BCUT2D eigenvalue weighted by Crippen LogP contribution is -2.22. The summed E-state index contributed by atoms with van der Waals surface area (Å²) < 4.78 is 0. The molecule has 19 heavy (non-hydrogen) atoms. The van der Waals surface area contributed by atoms with Crippen molar-refractivity contribution >= 4 is 23.1 Å². The first-order chi connectivity index (χ1) is 9.08. The van der Waals surface area contributed by atoms with Crippen molar-refractivity contribution in [1.82, 2.24) is 0 Å². The highest BCUT2D eigenvalue weighted by atomic mass is 32.2. The van der Waals surface area contributed by atoms with Crippen LogP contribution < -0.4 is 5.73 Å². The zero-order valence-electron chi connectivity index (χ0n) is 11.7. The van der Waals surface area contributed by atoms with Crippen LogP contribution in [0.4, 0.5) is 0 Å². The molecule has 0 aliphatic heterocycles. The van der Waals surface area contributed by atoms with Crippen molar-refractivity contribution in [2.24, 2.45) is 5.73 Å². The van der Waals surface area contributed by atoms with Gasteiger partial charge in [-0.05, 0) is 44.0 Å². The van der Waals surface area contributed by atoms with Crippen molar-refractivity contribution < 1.29 is 0 Å². The van der Waals surface area contributed by atoms with E-state index >= 15 is 0 Å². The van der Waals surface area contributed by atoms with E-state index in [-0.39, 0.29) is 6.04 Å². The molecule has 1 nitrogen and oxygen atoms in total. The maximum atomic E-state index is 6.17. The number of benzene rings is 1. The van der Waals surface area contributed by atoms with Gasteiger partial charge in [-0.2, -0.15) is 0 Å². The highest BCUT2D eigenvalue weighted by Gasteiger charge is 2.18. The number of nitrogens with two attached hydrogens (primary N) is 1. The van der Waals surface area contributed by atoms with Gasteiger partial charge in [-0.3, -0.25) is 0 Å². The van der Waals surface area contributed by atoms with Gasteiger partial charge in [-0.15, -0.1) is 23.1 Å². The summed E-state index contributed by atoms with van der Waals surface area (Å²) in [5, 5.41) is 0.387. The second kappa shape index (κ2) is 6.60. The van der Waals surface area contributed by atoms with Gasteiger partial charge in [-0.25, -0.2) is 0 Å². The van der Waals surface area contributed by atoms with E-state index in [0.29, 0.717) is 5.25 Å². The molecule has 0 radical (unpaired) electrons. The van der Waals surface area contributed by atoms with Crippen LogP contribution >= 0.6 is 23.1 Å². The summed E-state index contributed by atoms with van der Waals surface area (Å²) in [5.74, 6) is 1.02. The fourth-order valence-electron chi connectivity index (χ4n) is 2.05. The summed E-state index contributed by atoms with van der Waals surface area (Å²) in [6, 6.07) is 13.2. The molecule has 1 heterocycles. The Bertz CT molecular complexity index is 531. The molecule has 0 aliphatic rings. The van der Waals surface area contributed by atoms with Crippen LogP contribution in [0.25, 0.3) is 0 Å². The monoisotopic (exact) mass is 291 g/mol. The van der Waals surface area contributed by atoms with Crippen LogP contribution in [0.5, 0.6) is 0 Å². The lowest BCUT2D eigenvalue weighted by atomic mass is 10.1. The lowest BCUT2D eigenvalue weighted by Gasteiger charge is -2.19. The van der Waals surface area contributed by atoms with Crippen molar-refractivity contribution in [3.8, 4) is 0 Å². The number of aryl methyl sites for hydroxylation is 2. The van der Waals surface area contributed by atoms with Crippen molar-refractivity contribution in [1.29, 1.82) is 0 Å². The topological polar surface area (TPSA) is 26.0 Å². The van der Waals surface area contributed by atoms with Gasteiger partial charge in [0.1, 0.15) is 0 Å². The largest absolute Gasteiger partial charge is 0.327 e. The molecule has 2 rings (SSSR count). The number of thioether (sulfide) groups is 1. The minimum atomic E-state index is 0.173. The summed E-state index contributed by atoms with van der Waals surface area (Å²) in [6.07, 6.45) is 0. The molecule has 3 heteroatoms. The number of hydrogen-bond acceptors (Lipinski definition) is 3. The molecule has 0 aliphatic carbocycles. The minimum absolute atomic E-state index is 0.173. The van der Waals surface area contributed by atoms with Gasteiger partial charge in [0.25, 0.3) is 0 Å². The first-order valence-electron chi connectivity index (χ1n) is 6.56. The SMILES string of the molecule is Cc1ccc(C(SCc2ccccc2C)C(C)N)s1. The number of hydrogen-bond donors (Lipinski definition) is 1. The second-order valence-electron chi connectivity index (χ2n) is 4.97. The first kappa shape index (κ1) is 14.6. The molecule has 2 aromatic rings. The molecule has 0 bridgehead atoms. The van der Waals surface area contributed by atoms with Crippen molar-refractivity contribution in [3.63, 3.8) is 0 Å². The fourth-order valence-corrected chi connectivity index (χ4v) is 4.60. The molecule has 0 saturated heterocycles. The molecule has 102 valence electrons. The van der Waals surface area contributed by atoms with E-state index in [4.69, 9.17) is 5.73 Å². The van der Waals surface area contributed by atoms with Gasteiger partial charge in [0, 0.05) is 21.5 Å². The third kappa shape index (κ3) is 3.85. The Morgan fingerprint density at radius 1 is 1.16 bits per heavy atom. The lowest BCUT2D eigenvalue weighted by molar-refractivity contribution is 0.730.